The smallest absolute Gasteiger partial charge is 0.321 e. The fourth-order valence-electron chi connectivity index (χ4n) is 0.815. The molecule has 78 valence electrons. The number of urea groups is 1. The van der Waals surface area contributed by atoms with Gasteiger partial charge >= 0.3 is 6.03 Å². The molecule has 0 spiro atoms. The highest BCUT2D eigenvalue weighted by molar-refractivity contribution is 7.15. The minimum Gasteiger partial charge on any atom is -0.394 e. The Morgan fingerprint density at radius 3 is 3.00 bits per heavy atom. The molecule has 0 fully saturated rings. The Morgan fingerprint density at radius 1 is 1.79 bits per heavy atom. The molecule has 14 heavy (non-hydrogen) atoms. The third kappa shape index (κ3) is 3.31. The molecule has 1 unspecified atom stereocenters. The first-order chi connectivity index (χ1) is 6.61. The van der Waals surface area contributed by atoms with E-state index in [9.17, 15) is 4.79 Å². The lowest BCUT2D eigenvalue weighted by atomic mass is 10.4. The number of carbonyl (C=O) groups is 1. The van der Waals surface area contributed by atoms with Crippen molar-refractivity contribution in [3.05, 3.63) is 11.1 Å². The van der Waals surface area contributed by atoms with Crippen molar-refractivity contribution in [2.75, 3.05) is 11.9 Å². The van der Waals surface area contributed by atoms with E-state index in [-0.39, 0.29) is 18.7 Å². The molecule has 0 aromatic carbocycles. The molecule has 3 N–H and O–H groups in total. The van der Waals surface area contributed by atoms with Crippen LogP contribution < -0.4 is 10.6 Å². The van der Waals surface area contributed by atoms with E-state index in [0.717, 1.165) is 4.88 Å². The third-order valence-electron chi connectivity index (χ3n) is 1.49. The van der Waals surface area contributed by atoms with Gasteiger partial charge in [-0.2, -0.15) is 0 Å². The first kappa shape index (κ1) is 10.9. The summed E-state index contributed by atoms with van der Waals surface area (Å²) in [4.78, 5) is 16.2. The van der Waals surface area contributed by atoms with Gasteiger partial charge in [0.1, 0.15) is 0 Å². The van der Waals surface area contributed by atoms with Gasteiger partial charge in [-0.15, -0.1) is 11.3 Å². The average molecular weight is 215 g/mol. The molecule has 0 aliphatic heterocycles. The van der Waals surface area contributed by atoms with Crippen molar-refractivity contribution in [2.45, 2.75) is 19.9 Å². The van der Waals surface area contributed by atoms with E-state index in [1.165, 1.54) is 11.3 Å². The van der Waals surface area contributed by atoms with Crippen LogP contribution in [0.2, 0.25) is 0 Å². The summed E-state index contributed by atoms with van der Waals surface area (Å²) in [6.45, 7) is 3.55. The summed E-state index contributed by atoms with van der Waals surface area (Å²) in [5.74, 6) is 0. The fourth-order valence-corrected chi connectivity index (χ4v) is 1.47. The standard InChI is InChI=1S/C8H13N3O2S/c1-5(4-12)10-7(13)11-8-9-3-6(2)14-8/h3,5,12H,4H2,1-2H3,(H2,9,10,11,13). The molecule has 1 rings (SSSR count). The molecule has 0 saturated heterocycles. The second-order valence-corrected chi connectivity index (χ2v) is 4.19. The number of aliphatic hydroxyl groups excluding tert-OH is 1. The second kappa shape index (κ2) is 4.92. The van der Waals surface area contributed by atoms with Gasteiger partial charge in [0.2, 0.25) is 0 Å². The number of nitrogens with one attached hydrogen (secondary N) is 2. The Morgan fingerprint density at radius 2 is 2.50 bits per heavy atom. The van der Waals surface area contributed by atoms with E-state index in [4.69, 9.17) is 5.11 Å². The van der Waals surface area contributed by atoms with E-state index in [1.54, 1.807) is 13.1 Å². The maximum absolute atomic E-state index is 11.2. The predicted octanol–water partition coefficient (Wildman–Crippen LogP) is 0.954. The SMILES string of the molecule is Cc1cnc(NC(=O)NC(C)CO)s1. The Kier molecular flexibility index (Phi) is 3.84. The highest BCUT2D eigenvalue weighted by Gasteiger charge is 2.07. The monoisotopic (exact) mass is 215 g/mol. The van der Waals surface area contributed by atoms with Gasteiger partial charge in [-0.05, 0) is 13.8 Å². The maximum atomic E-state index is 11.2. The van der Waals surface area contributed by atoms with Crippen LogP contribution in [0.4, 0.5) is 9.93 Å². The summed E-state index contributed by atoms with van der Waals surface area (Å²) in [5.41, 5.74) is 0. The Balaban J connectivity index is 2.41. The lowest BCUT2D eigenvalue weighted by molar-refractivity contribution is 0.229. The van der Waals surface area contributed by atoms with Crippen molar-refractivity contribution in [3.63, 3.8) is 0 Å². The number of hydrogen-bond donors (Lipinski definition) is 3. The van der Waals surface area contributed by atoms with E-state index < -0.39 is 0 Å². The van der Waals surface area contributed by atoms with E-state index in [1.807, 2.05) is 6.92 Å². The molecule has 1 aromatic heterocycles. The van der Waals surface area contributed by atoms with Crippen molar-refractivity contribution >= 4 is 22.5 Å². The minimum absolute atomic E-state index is 0.0791. The first-order valence-electron chi connectivity index (χ1n) is 4.22. The van der Waals surface area contributed by atoms with Gasteiger partial charge in [-0.3, -0.25) is 5.32 Å². The van der Waals surface area contributed by atoms with Crippen LogP contribution in [0, 0.1) is 6.92 Å². The number of thiazole rings is 1. The van der Waals surface area contributed by atoms with Crippen LogP contribution in [0.25, 0.3) is 0 Å². The first-order valence-corrected chi connectivity index (χ1v) is 5.04. The molecule has 1 atom stereocenters. The summed E-state index contributed by atoms with van der Waals surface area (Å²) in [6.07, 6.45) is 1.69. The summed E-state index contributed by atoms with van der Waals surface area (Å²) in [6, 6.07) is -0.600. The van der Waals surface area contributed by atoms with Crippen molar-refractivity contribution in [1.82, 2.24) is 10.3 Å². The molecule has 0 aliphatic rings. The molecule has 0 aliphatic carbocycles. The second-order valence-electron chi connectivity index (χ2n) is 2.96. The number of anilines is 1. The Labute approximate surface area is 86.2 Å². The molecule has 1 heterocycles. The Bertz CT molecular complexity index is 313. The van der Waals surface area contributed by atoms with Crippen molar-refractivity contribution in [2.24, 2.45) is 0 Å². The van der Waals surface area contributed by atoms with Crippen LogP contribution in [0.1, 0.15) is 11.8 Å². The van der Waals surface area contributed by atoms with Gasteiger partial charge < -0.3 is 10.4 Å². The van der Waals surface area contributed by atoms with Crippen LogP contribution in [0.15, 0.2) is 6.20 Å². The quantitative estimate of drug-likeness (QED) is 0.703. The van der Waals surface area contributed by atoms with Crippen molar-refractivity contribution < 1.29 is 9.90 Å². The van der Waals surface area contributed by atoms with Gasteiger partial charge in [-0.1, -0.05) is 0 Å². The summed E-state index contributed by atoms with van der Waals surface area (Å²) >= 11 is 1.41. The van der Waals surface area contributed by atoms with Crippen LogP contribution >= 0.6 is 11.3 Å². The molecule has 1 aromatic rings. The molecule has 0 radical (unpaired) electrons. The molecule has 0 bridgehead atoms. The topological polar surface area (TPSA) is 74.2 Å². The average Bonchev–Trinajstić information content (AvgIpc) is 2.50. The zero-order chi connectivity index (χ0) is 10.6. The Hall–Kier alpha value is -1.14. The molecular formula is C8H13N3O2S. The summed E-state index contributed by atoms with van der Waals surface area (Å²) in [5, 5.41) is 14.4. The number of aromatic nitrogens is 1. The zero-order valence-corrected chi connectivity index (χ0v) is 8.89. The van der Waals surface area contributed by atoms with E-state index in [0.29, 0.717) is 5.13 Å². The number of amides is 2. The fraction of sp³-hybridized carbons (Fsp3) is 0.500. The number of hydrogen-bond acceptors (Lipinski definition) is 4. The summed E-state index contributed by atoms with van der Waals surface area (Å²) in [7, 11) is 0. The highest BCUT2D eigenvalue weighted by Crippen LogP contribution is 2.15. The van der Waals surface area contributed by atoms with Gasteiger partial charge in [0.05, 0.1) is 12.6 Å². The number of aryl methyl sites for hydroxylation is 1. The van der Waals surface area contributed by atoms with Gasteiger partial charge in [-0.25, -0.2) is 9.78 Å². The van der Waals surface area contributed by atoms with Crippen molar-refractivity contribution in [3.8, 4) is 0 Å². The van der Waals surface area contributed by atoms with Crippen LogP contribution in [-0.2, 0) is 0 Å². The highest BCUT2D eigenvalue weighted by atomic mass is 32.1. The van der Waals surface area contributed by atoms with E-state index >= 15 is 0 Å². The number of nitrogens with zero attached hydrogens (tertiary/aromatic N) is 1. The lowest BCUT2D eigenvalue weighted by Crippen LogP contribution is -2.38. The van der Waals surface area contributed by atoms with Crippen LogP contribution in [-0.4, -0.2) is 28.8 Å². The number of carbonyl (C=O) groups excluding carboxylic acids is 1. The van der Waals surface area contributed by atoms with Gasteiger partial charge in [0.15, 0.2) is 5.13 Å². The molecule has 2 amide bonds. The van der Waals surface area contributed by atoms with Gasteiger partial charge in [0, 0.05) is 11.1 Å². The minimum atomic E-state index is -0.346. The number of aliphatic hydroxyl groups is 1. The molecule has 0 saturated carbocycles. The predicted molar refractivity (Wildman–Crippen MR) is 55.6 cm³/mol. The molecular weight excluding hydrogens is 202 g/mol. The van der Waals surface area contributed by atoms with Crippen LogP contribution in [0.5, 0.6) is 0 Å². The molecule has 6 heteroatoms. The summed E-state index contributed by atoms with van der Waals surface area (Å²) < 4.78 is 0. The number of rotatable bonds is 3. The normalized spacial score (nSPS) is 12.2. The third-order valence-corrected chi connectivity index (χ3v) is 2.32. The van der Waals surface area contributed by atoms with Gasteiger partial charge in [0.25, 0.3) is 0 Å². The van der Waals surface area contributed by atoms with E-state index in [2.05, 4.69) is 15.6 Å². The largest absolute Gasteiger partial charge is 0.394 e. The molecule has 5 nitrogen and oxygen atoms in total. The zero-order valence-electron chi connectivity index (χ0n) is 8.07. The van der Waals surface area contributed by atoms with Crippen LogP contribution in [0.3, 0.4) is 0 Å². The van der Waals surface area contributed by atoms with Crippen molar-refractivity contribution in [1.29, 1.82) is 0 Å². The maximum Gasteiger partial charge on any atom is 0.321 e. The lowest BCUT2D eigenvalue weighted by Gasteiger charge is -2.09.